The van der Waals surface area contributed by atoms with E-state index in [0.29, 0.717) is 3.57 Å². The lowest BCUT2D eigenvalue weighted by Crippen LogP contribution is -2.35. The minimum absolute atomic E-state index is 0.0967. The van der Waals surface area contributed by atoms with Gasteiger partial charge in [-0.15, -0.1) is 6.58 Å². The van der Waals surface area contributed by atoms with Crippen molar-refractivity contribution in [3.05, 3.63) is 37.5 Å². The van der Waals surface area contributed by atoms with Gasteiger partial charge in [-0.3, -0.25) is 9.59 Å². The number of rotatable bonds is 5. The van der Waals surface area contributed by atoms with Crippen LogP contribution in [0, 0.1) is 7.14 Å². The third-order valence-corrected chi connectivity index (χ3v) is 3.67. The average Bonchev–Trinajstić information content (AvgIpc) is 2.32. The number of carbonyl (C=O) groups is 2. The molecule has 1 aromatic carbocycles. The van der Waals surface area contributed by atoms with E-state index in [0.717, 1.165) is 8.47 Å². The topological polar surface area (TPSA) is 77.8 Å². The average molecular weight is 487 g/mol. The Morgan fingerprint density at radius 2 is 2.00 bits per heavy atom. The van der Waals surface area contributed by atoms with Gasteiger partial charge in [0.15, 0.2) is 0 Å². The highest BCUT2D eigenvalue weighted by Gasteiger charge is 2.22. The first kappa shape index (κ1) is 16.2. The molecule has 0 bridgehead atoms. The molecule has 0 radical (unpaired) electrons. The van der Waals surface area contributed by atoms with Gasteiger partial charge in [-0.1, -0.05) is 6.08 Å². The molecule has 0 atom stereocenters. The zero-order chi connectivity index (χ0) is 14.6. The number of aliphatic carboxylic acids is 1. The predicted molar refractivity (Wildman–Crippen MR) is 87.3 cm³/mol. The summed E-state index contributed by atoms with van der Waals surface area (Å²) in [5.74, 6) is -1.78. The summed E-state index contributed by atoms with van der Waals surface area (Å²) < 4.78 is 1.33. The summed E-state index contributed by atoms with van der Waals surface area (Å²) in [5, 5.41) is 18.7. The fourth-order valence-electron chi connectivity index (χ4n) is 1.44. The van der Waals surface area contributed by atoms with E-state index in [1.54, 1.807) is 6.07 Å². The van der Waals surface area contributed by atoms with Gasteiger partial charge in [-0.25, -0.2) is 0 Å². The van der Waals surface area contributed by atoms with Crippen LogP contribution in [-0.4, -0.2) is 40.1 Å². The zero-order valence-corrected chi connectivity index (χ0v) is 14.1. The molecule has 7 heteroatoms. The number of hydrogen-bond acceptors (Lipinski definition) is 3. The van der Waals surface area contributed by atoms with Gasteiger partial charge in [0.25, 0.3) is 5.91 Å². The summed E-state index contributed by atoms with van der Waals surface area (Å²) in [6.07, 6.45) is 1.44. The van der Waals surface area contributed by atoms with Crippen molar-refractivity contribution in [1.82, 2.24) is 4.90 Å². The Labute approximate surface area is 137 Å². The maximum atomic E-state index is 12.2. The fraction of sp³-hybridized carbons (Fsp3) is 0.167. The second-order valence-corrected chi connectivity index (χ2v) is 6.06. The lowest BCUT2D eigenvalue weighted by Gasteiger charge is -2.19. The summed E-state index contributed by atoms with van der Waals surface area (Å²) in [7, 11) is 0. The molecule has 1 rings (SSSR count). The minimum Gasteiger partial charge on any atom is -0.506 e. The number of aromatic hydroxyl groups is 1. The highest BCUT2D eigenvalue weighted by atomic mass is 127. The molecule has 1 aromatic rings. The molecule has 2 N–H and O–H groups in total. The van der Waals surface area contributed by atoms with E-state index in [2.05, 4.69) is 6.58 Å². The third-order valence-electron chi connectivity index (χ3n) is 2.22. The molecule has 0 aliphatic carbocycles. The van der Waals surface area contributed by atoms with Crippen LogP contribution in [0.1, 0.15) is 10.4 Å². The van der Waals surface area contributed by atoms with Crippen molar-refractivity contribution >= 4 is 57.1 Å². The van der Waals surface area contributed by atoms with Gasteiger partial charge in [-0.2, -0.15) is 0 Å². The molecule has 102 valence electrons. The number of halogens is 2. The second kappa shape index (κ2) is 7.08. The van der Waals surface area contributed by atoms with Crippen LogP contribution in [0.25, 0.3) is 0 Å². The number of carbonyl (C=O) groups excluding carboxylic acids is 1. The monoisotopic (exact) mass is 487 g/mol. The normalized spacial score (nSPS) is 10.0. The van der Waals surface area contributed by atoms with Gasteiger partial charge in [0.2, 0.25) is 0 Å². The Morgan fingerprint density at radius 3 is 2.53 bits per heavy atom. The van der Waals surface area contributed by atoms with Crippen molar-refractivity contribution in [3.8, 4) is 5.75 Å². The first-order valence-electron chi connectivity index (χ1n) is 5.16. The van der Waals surface area contributed by atoms with Gasteiger partial charge in [0, 0.05) is 10.1 Å². The Morgan fingerprint density at radius 1 is 1.37 bits per heavy atom. The molecule has 0 spiro atoms. The Hall–Kier alpha value is -0.840. The number of carboxylic acids is 1. The Bertz CT molecular complexity index is 531. The van der Waals surface area contributed by atoms with Crippen LogP contribution in [0.5, 0.6) is 5.75 Å². The van der Waals surface area contributed by atoms with Crippen LogP contribution in [0.4, 0.5) is 0 Å². The van der Waals surface area contributed by atoms with Crippen LogP contribution >= 0.6 is 45.2 Å². The van der Waals surface area contributed by atoms with E-state index in [-0.39, 0.29) is 17.9 Å². The number of hydrogen-bond donors (Lipinski definition) is 2. The van der Waals surface area contributed by atoms with Crippen LogP contribution in [0.3, 0.4) is 0 Å². The number of nitrogens with zero attached hydrogens (tertiary/aromatic N) is 1. The van der Waals surface area contributed by atoms with Crippen LogP contribution in [-0.2, 0) is 4.79 Å². The van der Waals surface area contributed by atoms with Crippen molar-refractivity contribution in [1.29, 1.82) is 0 Å². The Kier molecular flexibility index (Phi) is 6.04. The van der Waals surface area contributed by atoms with Gasteiger partial charge >= 0.3 is 5.97 Å². The lowest BCUT2D eigenvalue weighted by molar-refractivity contribution is -0.137. The molecule has 1 amide bonds. The fourth-order valence-corrected chi connectivity index (χ4v) is 3.28. The number of carboxylic acid groups (broad SMARTS) is 1. The van der Waals surface area contributed by atoms with E-state index >= 15 is 0 Å². The van der Waals surface area contributed by atoms with E-state index in [1.807, 2.05) is 45.2 Å². The summed E-state index contributed by atoms with van der Waals surface area (Å²) in [5.41, 5.74) is 0.0967. The standard InChI is InChI=1S/C12H11I2NO4/c1-2-3-15(6-10(16)17)12(19)8-4-7(13)5-9(14)11(8)18/h2,4-5,18H,1,3,6H2,(H,16,17). The van der Waals surface area contributed by atoms with Crippen LogP contribution < -0.4 is 0 Å². The highest BCUT2D eigenvalue weighted by Crippen LogP contribution is 2.28. The maximum absolute atomic E-state index is 12.2. The summed E-state index contributed by atoms with van der Waals surface area (Å²) in [6.45, 7) is 3.15. The number of phenols is 1. The third kappa shape index (κ3) is 4.34. The quantitative estimate of drug-likeness (QED) is 0.494. The number of amides is 1. The van der Waals surface area contributed by atoms with E-state index in [1.165, 1.54) is 12.1 Å². The second-order valence-electron chi connectivity index (χ2n) is 3.65. The smallest absolute Gasteiger partial charge is 0.323 e. The van der Waals surface area contributed by atoms with Gasteiger partial charge in [-0.05, 0) is 57.3 Å². The maximum Gasteiger partial charge on any atom is 0.323 e. The van der Waals surface area contributed by atoms with Gasteiger partial charge in [0.1, 0.15) is 12.3 Å². The van der Waals surface area contributed by atoms with Crippen molar-refractivity contribution in [2.24, 2.45) is 0 Å². The van der Waals surface area contributed by atoms with E-state index in [9.17, 15) is 14.7 Å². The molecule has 19 heavy (non-hydrogen) atoms. The molecule has 0 aliphatic rings. The highest BCUT2D eigenvalue weighted by molar-refractivity contribution is 14.1. The zero-order valence-electron chi connectivity index (χ0n) is 9.77. The van der Waals surface area contributed by atoms with Crippen molar-refractivity contribution < 1.29 is 19.8 Å². The molecule has 5 nitrogen and oxygen atoms in total. The number of phenolic OH excluding ortho intramolecular Hbond substituents is 1. The van der Waals surface area contributed by atoms with Crippen molar-refractivity contribution in [3.63, 3.8) is 0 Å². The first-order chi connectivity index (χ1) is 8.86. The summed E-state index contributed by atoms with van der Waals surface area (Å²) in [4.78, 5) is 24.1. The number of benzene rings is 1. The molecule has 0 saturated heterocycles. The predicted octanol–water partition coefficient (Wildman–Crippen LogP) is 2.31. The van der Waals surface area contributed by atoms with Gasteiger partial charge in [0.05, 0.1) is 9.13 Å². The first-order valence-corrected chi connectivity index (χ1v) is 7.32. The molecular formula is C12H11I2NO4. The summed E-state index contributed by atoms with van der Waals surface area (Å²) >= 11 is 3.95. The minimum atomic E-state index is -1.12. The Balaban J connectivity index is 3.15. The van der Waals surface area contributed by atoms with E-state index in [4.69, 9.17) is 5.11 Å². The molecule has 0 saturated carbocycles. The molecule has 0 aliphatic heterocycles. The molecular weight excluding hydrogens is 476 g/mol. The van der Waals surface area contributed by atoms with Crippen molar-refractivity contribution in [2.45, 2.75) is 0 Å². The van der Waals surface area contributed by atoms with Crippen LogP contribution in [0.15, 0.2) is 24.8 Å². The van der Waals surface area contributed by atoms with E-state index < -0.39 is 18.4 Å². The molecule has 0 heterocycles. The molecule has 0 aromatic heterocycles. The molecule has 0 fully saturated rings. The SMILES string of the molecule is C=CCN(CC(=O)O)C(=O)c1cc(I)cc(I)c1O. The lowest BCUT2D eigenvalue weighted by atomic mass is 10.1. The largest absolute Gasteiger partial charge is 0.506 e. The van der Waals surface area contributed by atoms with Crippen LogP contribution in [0.2, 0.25) is 0 Å². The summed E-state index contributed by atoms with van der Waals surface area (Å²) in [6, 6.07) is 3.25. The van der Waals surface area contributed by atoms with Gasteiger partial charge < -0.3 is 15.1 Å². The molecule has 0 unspecified atom stereocenters. The van der Waals surface area contributed by atoms with Crippen molar-refractivity contribution in [2.75, 3.05) is 13.1 Å².